The summed E-state index contributed by atoms with van der Waals surface area (Å²) < 4.78 is 0. The molecule has 1 unspecified atom stereocenters. The molecule has 0 aliphatic heterocycles. The van der Waals surface area contributed by atoms with Crippen LogP contribution in [-0.4, -0.2) is 28.8 Å². The number of hydrogen-bond acceptors (Lipinski definition) is 3. The van der Waals surface area contributed by atoms with E-state index in [-0.39, 0.29) is 17.8 Å². The fourth-order valence-electron chi connectivity index (χ4n) is 1.55. The van der Waals surface area contributed by atoms with Crippen molar-refractivity contribution in [3.63, 3.8) is 0 Å². The van der Waals surface area contributed by atoms with Gasteiger partial charge in [-0.2, -0.15) is 0 Å². The Bertz CT molecular complexity index is 370. The lowest BCUT2D eigenvalue weighted by Crippen LogP contribution is -2.27. The van der Waals surface area contributed by atoms with E-state index in [1.807, 2.05) is 13.8 Å². The first-order valence-corrected chi connectivity index (χ1v) is 5.80. The zero-order valence-corrected chi connectivity index (χ0v) is 10.2. The Morgan fingerprint density at radius 3 is 2.71 bits per heavy atom. The molecule has 1 rings (SSSR count). The fraction of sp³-hybridized carbons (Fsp3) is 0.462. The number of amides is 1. The van der Waals surface area contributed by atoms with Gasteiger partial charge >= 0.3 is 0 Å². The van der Waals surface area contributed by atoms with Gasteiger partial charge in [0.2, 0.25) is 0 Å². The number of aryl methyl sites for hydroxylation is 1. The summed E-state index contributed by atoms with van der Waals surface area (Å²) in [4.78, 5) is 11.7. The average Bonchev–Trinajstić information content (AvgIpc) is 2.27. The third-order valence-corrected chi connectivity index (χ3v) is 2.56. The van der Waals surface area contributed by atoms with Crippen LogP contribution in [0, 0.1) is 6.92 Å². The fourth-order valence-corrected chi connectivity index (χ4v) is 1.55. The number of aromatic hydroxyl groups is 1. The van der Waals surface area contributed by atoms with Gasteiger partial charge in [0.25, 0.3) is 5.91 Å². The highest BCUT2D eigenvalue weighted by atomic mass is 16.3. The van der Waals surface area contributed by atoms with Gasteiger partial charge in [0.1, 0.15) is 5.75 Å². The van der Waals surface area contributed by atoms with Gasteiger partial charge in [-0.3, -0.25) is 4.79 Å². The summed E-state index contributed by atoms with van der Waals surface area (Å²) in [6, 6.07) is 4.74. The molecule has 94 valence electrons. The molecule has 4 heteroatoms. The van der Waals surface area contributed by atoms with Gasteiger partial charge in [-0.15, -0.1) is 0 Å². The van der Waals surface area contributed by atoms with Crippen molar-refractivity contribution < 1.29 is 15.0 Å². The molecule has 0 aliphatic carbocycles. The summed E-state index contributed by atoms with van der Waals surface area (Å²) in [5.74, 6) is -0.143. The van der Waals surface area contributed by atoms with E-state index in [0.717, 1.165) is 5.56 Å². The highest BCUT2D eigenvalue weighted by molar-refractivity contribution is 5.94. The lowest BCUT2D eigenvalue weighted by molar-refractivity contribution is 0.0941. The van der Waals surface area contributed by atoms with Gasteiger partial charge < -0.3 is 15.5 Å². The summed E-state index contributed by atoms with van der Waals surface area (Å²) in [6.07, 6.45) is 0.849. The molecule has 1 amide bonds. The molecule has 0 saturated heterocycles. The molecular formula is C13H19NO3. The quantitative estimate of drug-likeness (QED) is 0.728. The smallest absolute Gasteiger partial charge is 0.251 e. The van der Waals surface area contributed by atoms with Crippen molar-refractivity contribution in [3.05, 3.63) is 29.3 Å². The molecule has 17 heavy (non-hydrogen) atoms. The van der Waals surface area contributed by atoms with E-state index >= 15 is 0 Å². The highest BCUT2D eigenvalue weighted by Gasteiger charge is 2.08. The number of phenols is 1. The average molecular weight is 237 g/mol. The molecule has 0 bridgehead atoms. The predicted molar refractivity (Wildman–Crippen MR) is 66.1 cm³/mol. The third kappa shape index (κ3) is 4.44. The van der Waals surface area contributed by atoms with Crippen LogP contribution in [0.25, 0.3) is 0 Å². The van der Waals surface area contributed by atoms with E-state index in [2.05, 4.69) is 5.32 Å². The van der Waals surface area contributed by atoms with Crippen LogP contribution in [0.4, 0.5) is 0 Å². The number of hydrogen-bond donors (Lipinski definition) is 3. The normalized spacial score (nSPS) is 12.2. The Kier molecular flexibility index (Phi) is 4.97. The molecule has 0 fully saturated rings. The molecule has 0 saturated carbocycles. The molecule has 1 aromatic rings. The summed E-state index contributed by atoms with van der Waals surface area (Å²) >= 11 is 0. The van der Waals surface area contributed by atoms with Crippen LogP contribution < -0.4 is 5.32 Å². The number of aliphatic hydroxyl groups is 1. The molecule has 0 aromatic heterocycles. The van der Waals surface area contributed by atoms with Crippen molar-refractivity contribution in [2.45, 2.75) is 32.8 Å². The summed E-state index contributed by atoms with van der Waals surface area (Å²) in [5, 5.41) is 21.4. The summed E-state index contributed by atoms with van der Waals surface area (Å²) in [6.45, 7) is 4.14. The first kappa shape index (κ1) is 13.5. The summed E-state index contributed by atoms with van der Waals surface area (Å²) in [7, 11) is 0. The molecule has 0 aliphatic rings. The molecule has 0 radical (unpaired) electrons. The number of carbonyl (C=O) groups is 1. The zero-order valence-electron chi connectivity index (χ0n) is 10.2. The summed E-state index contributed by atoms with van der Waals surface area (Å²) in [5.41, 5.74) is 1.28. The Labute approximate surface area is 101 Å². The van der Waals surface area contributed by atoms with E-state index in [9.17, 15) is 15.0 Å². The van der Waals surface area contributed by atoms with Crippen LogP contribution in [0.2, 0.25) is 0 Å². The Morgan fingerprint density at radius 2 is 2.12 bits per heavy atom. The maximum Gasteiger partial charge on any atom is 0.251 e. The van der Waals surface area contributed by atoms with Crippen LogP contribution in [-0.2, 0) is 0 Å². The first-order chi connectivity index (χ1) is 8.02. The number of nitrogens with one attached hydrogen (secondary N) is 1. The Morgan fingerprint density at radius 1 is 1.41 bits per heavy atom. The molecule has 0 heterocycles. The van der Waals surface area contributed by atoms with Crippen LogP contribution in [0.15, 0.2) is 18.2 Å². The topological polar surface area (TPSA) is 69.6 Å². The minimum atomic E-state index is -0.374. The Hall–Kier alpha value is -1.55. The van der Waals surface area contributed by atoms with E-state index in [1.165, 1.54) is 6.07 Å². The van der Waals surface area contributed by atoms with Crippen molar-refractivity contribution in [2.75, 3.05) is 6.54 Å². The van der Waals surface area contributed by atoms with Crippen molar-refractivity contribution >= 4 is 5.91 Å². The van der Waals surface area contributed by atoms with E-state index in [1.54, 1.807) is 12.1 Å². The number of aliphatic hydroxyl groups excluding tert-OH is 1. The van der Waals surface area contributed by atoms with Gasteiger partial charge in [-0.25, -0.2) is 0 Å². The van der Waals surface area contributed by atoms with E-state index in [4.69, 9.17) is 0 Å². The number of rotatable bonds is 5. The number of carbonyl (C=O) groups excluding carboxylic acids is 1. The molecule has 1 aromatic carbocycles. The van der Waals surface area contributed by atoms with Crippen LogP contribution >= 0.6 is 0 Å². The maximum atomic E-state index is 11.7. The lowest BCUT2D eigenvalue weighted by atomic mass is 10.1. The van der Waals surface area contributed by atoms with Crippen molar-refractivity contribution in [1.29, 1.82) is 0 Å². The van der Waals surface area contributed by atoms with Crippen LogP contribution in [0.1, 0.15) is 35.7 Å². The third-order valence-electron chi connectivity index (χ3n) is 2.56. The number of phenolic OH excluding ortho intramolecular Hbond substituents is 1. The second-order valence-corrected chi connectivity index (χ2v) is 4.16. The standard InChI is InChI=1S/C13H19NO3/c1-3-11(15)4-5-14-13(17)10-6-9(2)7-12(16)8-10/h6-8,11,15-16H,3-5H2,1-2H3,(H,14,17). The van der Waals surface area contributed by atoms with Gasteiger partial charge in [0, 0.05) is 12.1 Å². The molecule has 3 N–H and O–H groups in total. The first-order valence-electron chi connectivity index (χ1n) is 5.80. The van der Waals surface area contributed by atoms with E-state index < -0.39 is 0 Å². The van der Waals surface area contributed by atoms with Gasteiger partial charge in [-0.1, -0.05) is 6.92 Å². The minimum Gasteiger partial charge on any atom is -0.508 e. The van der Waals surface area contributed by atoms with Crippen LogP contribution in [0.5, 0.6) is 5.75 Å². The Balaban J connectivity index is 2.52. The second kappa shape index (κ2) is 6.25. The number of benzene rings is 1. The monoisotopic (exact) mass is 237 g/mol. The molecule has 4 nitrogen and oxygen atoms in total. The largest absolute Gasteiger partial charge is 0.508 e. The van der Waals surface area contributed by atoms with Gasteiger partial charge in [0.05, 0.1) is 6.10 Å². The maximum absolute atomic E-state index is 11.7. The van der Waals surface area contributed by atoms with Crippen molar-refractivity contribution in [2.24, 2.45) is 0 Å². The van der Waals surface area contributed by atoms with Crippen molar-refractivity contribution in [3.8, 4) is 5.75 Å². The predicted octanol–water partition coefficient (Wildman–Crippen LogP) is 1.59. The van der Waals surface area contributed by atoms with Crippen LogP contribution in [0.3, 0.4) is 0 Å². The minimum absolute atomic E-state index is 0.0868. The van der Waals surface area contributed by atoms with Crippen molar-refractivity contribution in [1.82, 2.24) is 5.32 Å². The zero-order chi connectivity index (χ0) is 12.8. The van der Waals surface area contributed by atoms with E-state index in [0.29, 0.717) is 24.9 Å². The second-order valence-electron chi connectivity index (χ2n) is 4.16. The molecule has 1 atom stereocenters. The van der Waals surface area contributed by atoms with Gasteiger partial charge in [0.15, 0.2) is 0 Å². The SMILES string of the molecule is CCC(O)CCNC(=O)c1cc(C)cc(O)c1. The molecular weight excluding hydrogens is 218 g/mol. The lowest BCUT2D eigenvalue weighted by Gasteiger charge is -2.09. The highest BCUT2D eigenvalue weighted by Crippen LogP contribution is 2.14. The van der Waals surface area contributed by atoms with Gasteiger partial charge in [-0.05, 0) is 43.5 Å². The molecule has 0 spiro atoms.